The highest BCUT2D eigenvalue weighted by atomic mass is 127. The van der Waals surface area contributed by atoms with Crippen LogP contribution in [-0.2, 0) is 11.3 Å². The molecule has 2 aromatic rings. The van der Waals surface area contributed by atoms with Crippen LogP contribution in [0.25, 0.3) is 0 Å². The Morgan fingerprint density at radius 2 is 1.84 bits per heavy atom. The van der Waals surface area contributed by atoms with E-state index in [9.17, 15) is 0 Å². The van der Waals surface area contributed by atoms with E-state index in [2.05, 4.69) is 65.3 Å². The summed E-state index contributed by atoms with van der Waals surface area (Å²) in [5, 5.41) is 6.59. The molecule has 0 bridgehead atoms. The van der Waals surface area contributed by atoms with Crippen molar-refractivity contribution in [3.05, 3.63) is 53.7 Å². The molecule has 7 nitrogen and oxygen atoms in total. The van der Waals surface area contributed by atoms with Gasteiger partial charge in [-0.15, -0.1) is 24.0 Å². The van der Waals surface area contributed by atoms with Crippen molar-refractivity contribution < 1.29 is 9.47 Å². The first-order valence-electron chi connectivity index (χ1n) is 11.1. The van der Waals surface area contributed by atoms with Crippen LogP contribution in [-0.4, -0.2) is 55.9 Å². The van der Waals surface area contributed by atoms with E-state index in [1.807, 2.05) is 30.5 Å². The lowest BCUT2D eigenvalue weighted by Gasteiger charge is -2.36. The monoisotopic (exact) mass is 553 g/mol. The Hall–Kier alpha value is -2.07. The predicted octanol–water partition coefficient (Wildman–Crippen LogP) is 3.76. The van der Waals surface area contributed by atoms with Crippen LogP contribution in [0.15, 0.2) is 47.6 Å². The quantitative estimate of drug-likeness (QED) is 0.225. The fraction of sp³-hybridized carbons (Fsp3) is 0.500. The number of pyridine rings is 1. The Morgan fingerprint density at radius 1 is 1.12 bits per heavy atom. The third-order valence-electron chi connectivity index (χ3n) is 5.00. The Kier molecular flexibility index (Phi) is 11.0. The molecule has 8 heteroatoms. The molecule has 0 spiro atoms. The van der Waals surface area contributed by atoms with Crippen molar-refractivity contribution in [2.75, 3.05) is 37.7 Å². The lowest BCUT2D eigenvalue weighted by molar-refractivity contribution is -0.00545. The zero-order valence-electron chi connectivity index (χ0n) is 19.5. The van der Waals surface area contributed by atoms with Gasteiger partial charge in [-0.3, -0.25) is 0 Å². The summed E-state index contributed by atoms with van der Waals surface area (Å²) < 4.78 is 11.6. The van der Waals surface area contributed by atoms with Gasteiger partial charge in [-0.2, -0.15) is 0 Å². The summed E-state index contributed by atoms with van der Waals surface area (Å²) in [6.07, 6.45) is 2.35. The number of nitrogens with one attached hydrogen (secondary N) is 2. The third kappa shape index (κ3) is 8.46. The molecule has 1 aliphatic rings. The van der Waals surface area contributed by atoms with E-state index >= 15 is 0 Å². The highest BCUT2D eigenvalue weighted by Crippen LogP contribution is 2.18. The van der Waals surface area contributed by atoms with E-state index < -0.39 is 0 Å². The summed E-state index contributed by atoms with van der Waals surface area (Å²) in [6, 6.07) is 12.3. The van der Waals surface area contributed by atoms with Gasteiger partial charge in [0.1, 0.15) is 18.2 Å². The van der Waals surface area contributed by atoms with Gasteiger partial charge < -0.3 is 25.0 Å². The number of anilines is 1. The number of hydrogen-bond acceptors (Lipinski definition) is 5. The van der Waals surface area contributed by atoms with Gasteiger partial charge >= 0.3 is 0 Å². The molecule has 0 saturated carbocycles. The Bertz CT molecular complexity index is 819. The van der Waals surface area contributed by atoms with Crippen molar-refractivity contribution in [2.24, 2.45) is 4.99 Å². The summed E-state index contributed by atoms with van der Waals surface area (Å²) in [5.41, 5.74) is 2.30. The zero-order valence-corrected chi connectivity index (χ0v) is 21.8. The summed E-state index contributed by atoms with van der Waals surface area (Å²) in [4.78, 5) is 11.6. The van der Waals surface area contributed by atoms with E-state index in [0.29, 0.717) is 19.7 Å². The van der Waals surface area contributed by atoms with Crippen LogP contribution in [0.5, 0.6) is 5.75 Å². The zero-order chi connectivity index (χ0) is 22.1. The minimum absolute atomic E-state index is 0. The number of guanidine groups is 1. The van der Waals surface area contributed by atoms with Crippen molar-refractivity contribution in [3.8, 4) is 5.75 Å². The number of aryl methyl sites for hydroxylation is 1. The molecule has 0 radical (unpaired) electrons. The summed E-state index contributed by atoms with van der Waals surface area (Å²) in [6.45, 7) is 12.7. The molecular weight excluding hydrogens is 517 g/mol. The van der Waals surface area contributed by atoms with Gasteiger partial charge in [0.25, 0.3) is 0 Å². The van der Waals surface area contributed by atoms with Crippen LogP contribution in [0.3, 0.4) is 0 Å². The number of hydrogen-bond donors (Lipinski definition) is 2. The second kappa shape index (κ2) is 13.5. The van der Waals surface area contributed by atoms with Gasteiger partial charge in [-0.25, -0.2) is 9.98 Å². The molecule has 0 aliphatic carbocycles. The van der Waals surface area contributed by atoms with Crippen LogP contribution in [0, 0.1) is 6.92 Å². The molecule has 1 saturated heterocycles. The topological polar surface area (TPSA) is 71.0 Å². The SMILES string of the molecule is CCNC(=NCc1ccc(N2CC(C)OC(C)C2)nc1)NCCOc1ccc(C)cc1.I. The fourth-order valence-electron chi connectivity index (χ4n) is 3.55. The number of morpholine rings is 1. The van der Waals surface area contributed by atoms with E-state index in [4.69, 9.17) is 9.47 Å². The maximum atomic E-state index is 5.81. The number of halogens is 1. The van der Waals surface area contributed by atoms with Gasteiger partial charge in [0.05, 0.1) is 25.3 Å². The molecule has 1 aliphatic heterocycles. The highest BCUT2D eigenvalue weighted by Gasteiger charge is 2.22. The van der Waals surface area contributed by atoms with Gasteiger partial charge in [-0.05, 0) is 51.5 Å². The van der Waals surface area contributed by atoms with E-state index in [1.54, 1.807) is 0 Å². The highest BCUT2D eigenvalue weighted by molar-refractivity contribution is 14.0. The standard InChI is InChI=1S/C24H35N5O2.HI/c1-5-25-24(26-12-13-30-22-9-6-18(2)7-10-22)28-15-21-8-11-23(27-14-21)29-16-19(3)31-20(4)17-29;/h6-11,14,19-20H,5,12-13,15-17H2,1-4H3,(H2,25,26,28);1H. The van der Waals surface area contributed by atoms with Crippen LogP contribution in [0.4, 0.5) is 5.82 Å². The van der Waals surface area contributed by atoms with E-state index in [-0.39, 0.29) is 36.2 Å². The Labute approximate surface area is 209 Å². The van der Waals surface area contributed by atoms with Crippen LogP contribution in [0.1, 0.15) is 31.9 Å². The van der Waals surface area contributed by atoms with Gasteiger partial charge in [-0.1, -0.05) is 23.8 Å². The average Bonchev–Trinajstić information content (AvgIpc) is 2.76. The first-order valence-corrected chi connectivity index (χ1v) is 11.1. The van der Waals surface area contributed by atoms with Crippen molar-refractivity contribution in [3.63, 3.8) is 0 Å². The molecule has 176 valence electrons. The second-order valence-corrected chi connectivity index (χ2v) is 7.97. The molecule has 32 heavy (non-hydrogen) atoms. The molecule has 1 aromatic heterocycles. The smallest absolute Gasteiger partial charge is 0.191 e. The maximum Gasteiger partial charge on any atom is 0.191 e. The van der Waals surface area contributed by atoms with Gasteiger partial charge in [0.15, 0.2) is 5.96 Å². The number of benzene rings is 1. The molecule has 2 atom stereocenters. The maximum absolute atomic E-state index is 5.81. The van der Waals surface area contributed by atoms with Crippen molar-refractivity contribution in [1.82, 2.24) is 15.6 Å². The molecular formula is C24H36IN5O2. The molecule has 2 unspecified atom stereocenters. The van der Waals surface area contributed by atoms with Crippen LogP contribution < -0.4 is 20.3 Å². The molecule has 0 amide bonds. The van der Waals surface area contributed by atoms with Gasteiger partial charge in [0, 0.05) is 25.8 Å². The Balaban J connectivity index is 0.00000363. The van der Waals surface area contributed by atoms with Crippen LogP contribution in [0.2, 0.25) is 0 Å². The van der Waals surface area contributed by atoms with Crippen molar-refractivity contribution >= 4 is 35.8 Å². The molecule has 1 aromatic carbocycles. The number of aromatic nitrogens is 1. The lowest BCUT2D eigenvalue weighted by atomic mass is 10.2. The third-order valence-corrected chi connectivity index (χ3v) is 5.00. The summed E-state index contributed by atoms with van der Waals surface area (Å²) >= 11 is 0. The number of aliphatic imine (C=N–C) groups is 1. The van der Waals surface area contributed by atoms with Crippen LogP contribution >= 0.6 is 24.0 Å². The van der Waals surface area contributed by atoms with Crippen molar-refractivity contribution in [2.45, 2.75) is 46.4 Å². The number of ether oxygens (including phenoxy) is 2. The van der Waals surface area contributed by atoms with E-state index in [1.165, 1.54) is 5.56 Å². The second-order valence-electron chi connectivity index (χ2n) is 7.97. The van der Waals surface area contributed by atoms with Crippen molar-refractivity contribution in [1.29, 1.82) is 0 Å². The molecule has 1 fully saturated rings. The lowest BCUT2D eigenvalue weighted by Crippen LogP contribution is -2.45. The minimum atomic E-state index is 0. The Morgan fingerprint density at radius 3 is 2.47 bits per heavy atom. The first kappa shape index (κ1) is 26.2. The normalized spacial score (nSPS) is 18.6. The molecule has 2 heterocycles. The number of rotatable bonds is 8. The van der Waals surface area contributed by atoms with Gasteiger partial charge in [0.2, 0.25) is 0 Å². The predicted molar refractivity (Wildman–Crippen MR) is 141 cm³/mol. The largest absolute Gasteiger partial charge is 0.492 e. The average molecular weight is 553 g/mol. The fourth-order valence-corrected chi connectivity index (χ4v) is 3.55. The summed E-state index contributed by atoms with van der Waals surface area (Å²) in [5.74, 6) is 2.65. The molecule has 2 N–H and O–H groups in total. The minimum Gasteiger partial charge on any atom is -0.492 e. The first-order chi connectivity index (χ1) is 15.0. The van der Waals surface area contributed by atoms with E-state index in [0.717, 1.165) is 42.7 Å². The molecule has 3 rings (SSSR count). The number of nitrogens with zero attached hydrogens (tertiary/aromatic N) is 3. The summed E-state index contributed by atoms with van der Waals surface area (Å²) in [7, 11) is 0.